The Labute approximate surface area is 144 Å². The lowest BCUT2D eigenvalue weighted by Crippen LogP contribution is -2.19. The molecule has 0 saturated carbocycles. The molecule has 1 heterocycles. The van der Waals surface area contributed by atoms with E-state index in [4.69, 9.17) is 9.52 Å². The normalized spacial score (nSPS) is 11.6. The molecular weight excluding hydrogens is 451 g/mol. The zero-order chi connectivity index (χ0) is 15.6. The van der Waals surface area contributed by atoms with Crippen molar-refractivity contribution in [1.82, 2.24) is 10.2 Å². The lowest BCUT2D eigenvalue weighted by atomic mass is 9.86. The second-order valence-electron chi connectivity index (χ2n) is 5.54. The summed E-state index contributed by atoms with van der Waals surface area (Å²) in [4.78, 5) is 10.8. The van der Waals surface area contributed by atoms with Gasteiger partial charge in [0.1, 0.15) is 0 Å². The van der Waals surface area contributed by atoms with Crippen LogP contribution in [0.3, 0.4) is 0 Å². The number of carboxylic acids is 1. The van der Waals surface area contributed by atoms with Gasteiger partial charge < -0.3 is 9.52 Å². The minimum atomic E-state index is -0.832. The standard InChI is InChI=1S/C14H14BrIN2O3/c1-14(2,7-12(19)20)6-11-17-18-13(21-11)9-5-8(15)3-4-10(9)16/h3-5H,6-7H2,1-2H3,(H,19,20). The number of carboxylic acid groups (broad SMARTS) is 1. The first kappa shape index (κ1) is 16.4. The number of hydrogen-bond acceptors (Lipinski definition) is 4. The van der Waals surface area contributed by atoms with Gasteiger partial charge in [-0.3, -0.25) is 4.79 Å². The maximum absolute atomic E-state index is 10.8. The number of benzene rings is 1. The van der Waals surface area contributed by atoms with E-state index < -0.39 is 11.4 Å². The van der Waals surface area contributed by atoms with Crippen molar-refractivity contribution in [2.45, 2.75) is 26.7 Å². The third-order valence-electron chi connectivity index (χ3n) is 2.89. The van der Waals surface area contributed by atoms with Crippen LogP contribution in [0, 0.1) is 8.99 Å². The Morgan fingerprint density at radius 3 is 2.81 bits per heavy atom. The van der Waals surface area contributed by atoms with Crippen LogP contribution in [0.15, 0.2) is 27.1 Å². The van der Waals surface area contributed by atoms with Gasteiger partial charge in [-0.15, -0.1) is 10.2 Å². The molecule has 2 aromatic rings. The first-order valence-corrected chi connectivity index (χ1v) is 8.14. The molecule has 0 aliphatic heterocycles. The molecule has 0 aliphatic carbocycles. The van der Waals surface area contributed by atoms with Crippen molar-refractivity contribution in [3.8, 4) is 11.5 Å². The molecule has 21 heavy (non-hydrogen) atoms. The van der Waals surface area contributed by atoms with Crippen molar-refractivity contribution in [3.63, 3.8) is 0 Å². The number of nitrogens with zero attached hydrogens (tertiary/aromatic N) is 2. The van der Waals surface area contributed by atoms with Crippen molar-refractivity contribution < 1.29 is 14.3 Å². The smallest absolute Gasteiger partial charge is 0.303 e. The van der Waals surface area contributed by atoms with Gasteiger partial charge in [0.2, 0.25) is 11.8 Å². The summed E-state index contributed by atoms with van der Waals surface area (Å²) >= 11 is 5.63. The molecule has 0 atom stereocenters. The van der Waals surface area contributed by atoms with E-state index >= 15 is 0 Å². The quantitative estimate of drug-likeness (QED) is 0.672. The number of halogens is 2. The number of aliphatic carboxylic acids is 1. The molecule has 0 fully saturated rings. The molecule has 0 radical (unpaired) electrons. The summed E-state index contributed by atoms with van der Waals surface area (Å²) in [5.74, 6) is 0.0649. The molecule has 0 bridgehead atoms. The van der Waals surface area contributed by atoms with E-state index in [0.29, 0.717) is 18.2 Å². The maximum atomic E-state index is 10.8. The second kappa shape index (κ2) is 6.43. The molecule has 0 unspecified atom stereocenters. The molecule has 1 aromatic heterocycles. The highest BCUT2D eigenvalue weighted by molar-refractivity contribution is 14.1. The number of hydrogen-bond donors (Lipinski definition) is 1. The average molecular weight is 465 g/mol. The molecule has 5 nitrogen and oxygen atoms in total. The lowest BCUT2D eigenvalue weighted by Gasteiger charge is -2.19. The van der Waals surface area contributed by atoms with Crippen molar-refractivity contribution in [2.24, 2.45) is 5.41 Å². The van der Waals surface area contributed by atoms with E-state index in [2.05, 4.69) is 48.7 Å². The van der Waals surface area contributed by atoms with E-state index in [1.165, 1.54) is 0 Å². The molecular formula is C14H14BrIN2O3. The van der Waals surface area contributed by atoms with Crippen LogP contribution in [0.25, 0.3) is 11.5 Å². The SMILES string of the molecule is CC(C)(CC(=O)O)Cc1nnc(-c2cc(Br)ccc2I)o1. The molecule has 1 aromatic carbocycles. The summed E-state index contributed by atoms with van der Waals surface area (Å²) in [6.07, 6.45) is 0.482. The van der Waals surface area contributed by atoms with Gasteiger partial charge in [-0.25, -0.2) is 0 Å². The highest BCUT2D eigenvalue weighted by atomic mass is 127. The fourth-order valence-corrected chi connectivity index (χ4v) is 2.90. The van der Waals surface area contributed by atoms with Crippen molar-refractivity contribution >= 4 is 44.5 Å². The van der Waals surface area contributed by atoms with Gasteiger partial charge in [-0.1, -0.05) is 29.8 Å². The zero-order valence-corrected chi connectivity index (χ0v) is 15.3. The van der Waals surface area contributed by atoms with E-state index in [1.807, 2.05) is 32.0 Å². The predicted octanol–water partition coefficient (Wildman–Crippen LogP) is 4.15. The highest BCUT2D eigenvalue weighted by Crippen LogP contribution is 2.30. The number of rotatable bonds is 5. The molecule has 0 amide bonds. The van der Waals surface area contributed by atoms with Crippen molar-refractivity contribution in [2.75, 3.05) is 0 Å². The van der Waals surface area contributed by atoms with Crippen molar-refractivity contribution in [1.29, 1.82) is 0 Å². The fraction of sp³-hybridized carbons (Fsp3) is 0.357. The summed E-state index contributed by atoms with van der Waals surface area (Å²) in [5, 5.41) is 17.0. The van der Waals surface area contributed by atoms with Crippen molar-refractivity contribution in [3.05, 3.63) is 32.1 Å². The average Bonchev–Trinajstić information content (AvgIpc) is 2.78. The van der Waals surface area contributed by atoms with E-state index in [-0.39, 0.29) is 6.42 Å². The van der Waals surface area contributed by atoms with E-state index in [9.17, 15) is 4.79 Å². The van der Waals surface area contributed by atoms with E-state index in [0.717, 1.165) is 13.6 Å². The van der Waals surface area contributed by atoms with Crippen LogP contribution in [0.2, 0.25) is 0 Å². The Morgan fingerprint density at radius 1 is 1.43 bits per heavy atom. The van der Waals surface area contributed by atoms with Gasteiger partial charge in [-0.05, 0) is 46.2 Å². The first-order chi connectivity index (χ1) is 9.77. The number of aromatic nitrogens is 2. The molecule has 0 saturated heterocycles. The lowest BCUT2D eigenvalue weighted by molar-refractivity contribution is -0.139. The van der Waals surface area contributed by atoms with Crippen LogP contribution in [0.5, 0.6) is 0 Å². The Kier molecular flexibility index (Phi) is 5.03. The third-order valence-corrected chi connectivity index (χ3v) is 4.32. The largest absolute Gasteiger partial charge is 0.481 e. The van der Waals surface area contributed by atoms with Gasteiger partial charge in [0.05, 0.1) is 12.0 Å². The monoisotopic (exact) mass is 464 g/mol. The Bertz CT molecular complexity index is 670. The molecule has 0 aliphatic rings. The van der Waals surface area contributed by atoms with Crippen LogP contribution in [-0.4, -0.2) is 21.3 Å². The second-order valence-corrected chi connectivity index (χ2v) is 7.61. The van der Waals surface area contributed by atoms with E-state index in [1.54, 1.807) is 0 Å². The summed E-state index contributed by atoms with van der Waals surface area (Å²) in [7, 11) is 0. The van der Waals surface area contributed by atoms with Crippen LogP contribution in [0.1, 0.15) is 26.2 Å². The van der Waals surface area contributed by atoms with Gasteiger partial charge >= 0.3 is 5.97 Å². The third kappa shape index (κ3) is 4.50. The van der Waals surface area contributed by atoms with Crippen LogP contribution >= 0.6 is 38.5 Å². The predicted molar refractivity (Wildman–Crippen MR) is 89.9 cm³/mol. The molecule has 112 valence electrons. The zero-order valence-electron chi connectivity index (χ0n) is 11.6. The summed E-state index contributed by atoms with van der Waals surface area (Å²) in [6, 6.07) is 5.82. The Hall–Kier alpha value is -0.960. The molecule has 0 spiro atoms. The van der Waals surface area contributed by atoms with Gasteiger partial charge in [-0.2, -0.15) is 0 Å². The molecule has 2 rings (SSSR count). The topological polar surface area (TPSA) is 76.2 Å². The Balaban J connectivity index is 2.22. The fourth-order valence-electron chi connectivity index (χ4n) is 1.98. The summed E-state index contributed by atoms with van der Waals surface area (Å²) in [5.41, 5.74) is 0.430. The maximum Gasteiger partial charge on any atom is 0.303 e. The summed E-state index contributed by atoms with van der Waals surface area (Å²) in [6.45, 7) is 3.74. The van der Waals surface area contributed by atoms with Crippen LogP contribution in [-0.2, 0) is 11.2 Å². The first-order valence-electron chi connectivity index (χ1n) is 6.26. The highest BCUT2D eigenvalue weighted by Gasteiger charge is 2.25. The molecule has 1 N–H and O–H groups in total. The minimum absolute atomic E-state index is 0.0547. The molecule has 7 heteroatoms. The van der Waals surface area contributed by atoms with Gasteiger partial charge in [0, 0.05) is 14.5 Å². The minimum Gasteiger partial charge on any atom is -0.481 e. The summed E-state index contributed by atoms with van der Waals surface area (Å²) < 4.78 is 7.63. The van der Waals surface area contributed by atoms with Gasteiger partial charge in [0.15, 0.2) is 0 Å². The van der Waals surface area contributed by atoms with Crippen LogP contribution in [0.4, 0.5) is 0 Å². The van der Waals surface area contributed by atoms with Crippen LogP contribution < -0.4 is 0 Å². The Morgan fingerprint density at radius 2 is 2.14 bits per heavy atom. The van der Waals surface area contributed by atoms with Gasteiger partial charge in [0.25, 0.3) is 0 Å². The number of carbonyl (C=O) groups is 1.